The van der Waals surface area contributed by atoms with E-state index in [1.807, 2.05) is 19.1 Å². The van der Waals surface area contributed by atoms with Gasteiger partial charge in [0.25, 0.3) is 0 Å². The Morgan fingerprint density at radius 2 is 2.25 bits per heavy atom. The van der Waals surface area contributed by atoms with E-state index in [0.717, 1.165) is 15.8 Å². The first kappa shape index (κ1) is 7.83. The number of nitrogens with two attached hydrogens (primary N) is 1. The molecule has 2 nitrogen and oxygen atoms in total. The molecule has 0 bridgehead atoms. The zero-order valence-corrected chi connectivity index (χ0v) is 8.04. The summed E-state index contributed by atoms with van der Waals surface area (Å²) in [6, 6.07) is 3.75. The molecule has 0 atom stereocenters. The van der Waals surface area contributed by atoms with Gasteiger partial charge in [-0.05, 0) is 24.6 Å². The van der Waals surface area contributed by atoms with Crippen molar-refractivity contribution in [1.29, 1.82) is 0 Å². The zero-order chi connectivity index (χ0) is 8.72. The molecule has 4 heteroatoms. The molecule has 1 aromatic carbocycles. The van der Waals surface area contributed by atoms with Gasteiger partial charge in [0.2, 0.25) is 0 Å². The minimum atomic E-state index is 0.593. The van der Waals surface area contributed by atoms with Gasteiger partial charge in [0.1, 0.15) is 0 Å². The predicted octanol–water partition coefficient (Wildman–Crippen LogP) is 2.84. The van der Waals surface area contributed by atoms with Gasteiger partial charge in [-0.1, -0.05) is 22.9 Å². The Kier molecular flexibility index (Phi) is 1.70. The second-order valence-corrected chi connectivity index (χ2v) is 4.09. The zero-order valence-electron chi connectivity index (χ0n) is 6.47. The molecule has 2 aromatic rings. The fourth-order valence-electron chi connectivity index (χ4n) is 1.17. The van der Waals surface area contributed by atoms with E-state index in [4.69, 9.17) is 17.3 Å². The Labute approximate surface area is 79.0 Å². The van der Waals surface area contributed by atoms with Gasteiger partial charge in [0.05, 0.1) is 10.2 Å². The summed E-state index contributed by atoms with van der Waals surface area (Å²) in [6.45, 7) is 2.01. The van der Waals surface area contributed by atoms with E-state index >= 15 is 0 Å². The molecule has 62 valence electrons. The van der Waals surface area contributed by atoms with Gasteiger partial charge in [-0.2, -0.15) is 0 Å². The molecule has 2 rings (SSSR count). The normalized spacial score (nSPS) is 10.8. The standard InChI is InChI=1S/C8H7ClN2S/c1-4-2-5(9)3-6-7(4)12-8(10)11-6/h2-3H,1H3,(H2,10,11). The molecule has 2 N–H and O–H groups in total. The summed E-state index contributed by atoms with van der Waals surface area (Å²) in [7, 11) is 0. The summed E-state index contributed by atoms with van der Waals surface area (Å²) < 4.78 is 1.12. The highest BCUT2D eigenvalue weighted by atomic mass is 35.5. The first-order valence-corrected chi connectivity index (χ1v) is 4.68. The SMILES string of the molecule is Cc1cc(Cl)cc2nc(N)sc12. The summed E-state index contributed by atoms with van der Waals surface area (Å²) in [4.78, 5) is 4.15. The number of thiazole rings is 1. The minimum absolute atomic E-state index is 0.593. The van der Waals surface area contributed by atoms with E-state index in [9.17, 15) is 0 Å². The molecule has 0 unspecified atom stereocenters. The van der Waals surface area contributed by atoms with Gasteiger partial charge in [-0.25, -0.2) is 4.98 Å². The third-order valence-corrected chi connectivity index (χ3v) is 2.91. The maximum Gasteiger partial charge on any atom is 0.181 e. The van der Waals surface area contributed by atoms with Crippen molar-refractivity contribution < 1.29 is 0 Å². The van der Waals surface area contributed by atoms with Crippen molar-refractivity contribution in [3.8, 4) is 0 Å². The molecule has 1 aromatic heterocycles. The lowest BCUT2D eigenvalue weighted by Gasteiger charge is -1.94. The Balaban J connectivity index is 2.88. The second-order valence-electron chi connectivity index (χ2n) is 2.62. The highest BCUT2D eigenvalue weighted by Crippen LogP contribution is 2.29. The predicted molar refractivity (Wildman–Crippen MR) is 53.8 cm³/mol. The van der Waals surface area contributed by atoms with Crippen LogP contribution in [-0.2, 0) is 0 Å². The number of fused-ring (bicyclic) bond motifs is 1. The van der Waals surface area contributed by atoms with Gasteiger partial charge in [0, 0.05) is 5.02 Å². The molecular weight excluding hydrogens is 192 g/mol. The van der Waals surface area contributed by atoms with Gasteiger partial charge in [-0.15, -0.1) is 0 Å². The molecule has 12 heavy (non-hydrogen) atoms. The van der Waals surface area contributed by atoms with E-state index < -0.39 is 0 Å². The lowest BCUT2D eigenvalue weighted by atomic mass is 10.2. The highest BCUT2D eigenvalue weighted by Gasteiger charge is 2.04. The van der Waals surface area contributed by atoms with E-state index in [1.165, 1.54) is 11.3 Å². The van der Waals surface area contributed by atoms with E-state index in [2.05, 4.69) is 4.98 Å². The number of nitrogen functional groups attached to an aromatic ring is 1. The van der Waals surface area contributed by atoms with Crippen LogP contribution in [0.5, 0.6) is 0 Å². The van der Waals surface area contributed by atoms with Gasteiger partial charge >= 0.3 is 0 Å². The largest absolute Gasteiger partial charge is 0.375 e. The van der Waals surface area contributed by atoms with Crippen LogP contribution in [0.3, 0.4) is 0 Å². The molecule has 1 heterocycles. The number of aromatic nitrogens is 1. The molecule has 0 aliphatic rings. The highest BCUT2D eigenvalue weighted by molar-refractivity contribution is 7.22. The summed E-state index contributed by atoms with van der Waals surface area (Å²) >= 11 is 7.35. The molecule has 0 aliphatic heterocycles. The van der Waals surface area contributed by atoms with Crippen LogP contribution in [-0.4, -0.2) is 4.98 Å². The smallest absolute Gasteiger partial charge is 0.181 e. The quantitative estimate of drug-likeness (QED) is 0.707. The monoisotopic (exact) mass is 198 g/mol. The van der Waals surface area contributed by atoms with Crippen LogP contribution in [0.15, 0.2) is 12.1 Å². The summed E-state index contributed by atoms with van der Waals surface area (Å²) in [5.74, 6) is 0. The van der Waals surface area contributed by atoms with Crippen molar-refractivity contribution >= 4 is 38.3 Å². The third kappa shape index (κ3) is 1.15. The van der Waals surface area contributed by atoms with Gasteiger partial charge < -0.3 is 5.73 Å². The number of aryl methyl sites for hydroxylation is 1. The number of benzene rings is 1. The summed E-state index contributed by atoms with van der Waals surface area (Å²) in [5, 5.41) is 1.31. The number of halogens is 1. The fourth-order valence-corrected chi connectivity index (χ4v) is 2.22. The summed E-state index contributed by atoms with van der Waals surface area (Å²) in [5.41, 5.74) is 7.60. The van der Waals surface area contributed by atoms with Crippen LogP contribution in [0.2, 0.25) is 5.02 Å². The van der Waals surface area contributed by atoms with E-state index in [-0.39, 0.29) is 0 Å². The molecule has 0 aliphatic carbocycles. The molecule has 0 saturated carbocycles. The molecule has 0 spiro atoms. The Morgan fingerprint density at radius 1 is 1.50 bits per heavy atom. The van der Waals surface area contributed by atoms with Crippen molar-refractivity contribution in [2.45, 2.75) is 6.92 Å². The van der Waals surface area contributed by atoms with Crippen LogP contribution in [0, 0.1) is 6.92 Å². The lowest BCUT2D eigenvalue weighted by Crippen LogP contribution is -1.79. The average molecular weight is 199 g/mol. The fraction of sp³-hybridized carbons (Fsp3) is 0.125. The van der Waals surface area contributed by atoms with Gasteiger partial charge in [0.15, 0.2) is 5.13 Å². The number of rotatable bonds is 0. The van der Waals surface area contributed by atoms with Gasteiger partial charge in [-0.3, -0.25) is 0 Å². The Bertz CT molecular complexity index is 436. The van der Waals surface area contributed by atoms with Crippen molar-refractivity contribution in [1.82, 2.24) is 4.98 Å². The molecule has 0 amide bonds. The lowest BCUT2D eigenvalue weighted by molar-refractivity contribution is 1.47. The molecule has 0 saturated heterocycles. The second kappa shape index (κ2) is 2.61. The van der Waals surface area contributed by atoms with Crippen molar-refractivity contribution in [3.05, 3.63) is 22.7 Å². The summed E-state index contributed by atoms with van der Waals surface area (Å²) in [6.07, 6.45) is 0. The topological polar surface area (TPSA) is 38.9 Å². The first-order chi connectivity index (χ1) is 5.66. The van der Waals surface area contributed by atoms with Crippen LogP contribution >= 0.6 is 22.9 Å². The maximum absolute atomic E-state index is 5.86. The van der Waals surface area contributed by atoms with E-state index in [1.54, 1.807) is 0 Å². The molecular formula is C8H7ClN2S. The number of hydrogen-bond donors (Lipinski definition) is 1. The number of hydrogen-bond acceptors (Lipinski definition) is 3. The maximum atomic E-state index is 5.86. The van der Waals surface area contributed by atoms with Crippen LogP contribution in [0.4, 0.5) is 5.13 Å². The van der Waals surface area contributed by atoms with Crippen molar-refractivity contribution in [2.75, 3.05) is 5.73 Å². The number of anilines is 1. The van der Waals surface area contributed by atoms with Crippen LogP contribution in [0.25, 0.3) is 10.2 Å². The number of nitrogens with zero attached hydrogens (tertiary/aromatic N) is 1. The van der Waals surface area contributed by atoms with Crippen molar-refractivity contribution in [3.63, 3.8) is 0 Å². The average Bonchev–Trinajstić information content (AvgIpc) is 2.29. The third-order valence-electron chi connectivity index (χ3n) is 1.66. The van der Waals surface area contributed by atoms with E-state index in [0.29, 0.717) is 10.2 Å². The molecule has 0 fully saturated rings. The first-order valence-electron chi connectivity index (χ1n) is 3.49. The van der Waals surface area contributed by atoms with Crippen molar-refractivity contribution in [2.24, 2.45) is 0 Å². The minimum Gasteiger partial charge on any atom is -0.375 e. The van der Waals surface area contributed by atoms with Crippen LogP contribution < -0.4 is 5.73 Å². The Morgan fingerprint density at radius 3 is 3.00 bits per heavy atom. The Hall–Kier alpha value is -0.800. The van der Waals surface area contributed by atoms with Crippen LogP contribution in [0.1, 0.15) is 5.56 Å². The molecule has 0 radical (unpaired) electrons.